The van der Waals surface area contributed by atoms with E-state index in [1.54, 1.807) is 30.3 Å². The molecule has 0 fully saturated rings. The van der Waals surface area contributed by atoms with Gasteiger partial charge in [0, 0.05) is 17.4 Å². The second-order valence-corrected chi connectivity index (χ2v) is 6.78. The van der Waals surface area contributed by atoms with Crippen LogP contribution in [0.25, 0.3) is 0 Å². The number of carboxylic acids is 1. The van der Waals surface area contributed by atoms with Gasteiger partial charge in [-0.3, -0.25) is 0 Å². The van der Waals surface area contributed by atoms with Crippen molar-refractivity contribution in [1.29, 1.82) is 0 Å². The first-order valence-corrected chi connectivity index (χ1v) is 9.07. The summed E-state index contributed by atoms with van der Waals surface area (Å²) in [7, 11) is 0. The van der Waals surface area contributed by atoms with Gasteiger partial charge in [-0.15, -0.1) is 0 Å². The molecular weight excluding hydrogens is 356 g/mol. The summed E-state index contributed by atoms with van der Waals surface area (Å²) in [5.41, 5.74) is 3.14. The summed E-state index contributed by atoms with van der Waals surface area (Å²) in [6, 6.07) is 22.8. The minimum absolute atomic E-state index is 0.00762. The Labute approximate surface area is 162 Å². The maximum Gasteiger partial charge on any atom is 0.341 e. The molecule has 0 saturated heterocycles. The van der Waals surface area contributed by atoms with Gasteiger partial charge in [-0.2, -0.15) is 0 Å². The van der Waals surface area contributed by atoms with E-state index in [1.165, 1.54) is 0 Å². The van der Waals surface area contributed by atoms with E-state index >= 15 is 0 Å². The van der Waals surface area contributed by atoms with Crippen LogP contribution in [0.15, 0.2) is 72.8 Å². The van der Waals surface area contributed by atoms with Gasteiger partial charge in [0.15, 0.2) is 6.61 Å². The van der Waals surface area contributed by atoms with Crippen LogP contribution >= 0.6 is 0 Å². The van der Waals surface area contributed by atoms with Gasteiger partial charge >= 0.3 is 5.97 Å². The Morgan fingerprint density at radius 3 is 2.46 bits per heavy atom. The molecule has 5 nitrogen and oxygen atoms in total. The number of fused-ring (bicyclic) bond motifs is 1. The first-order valence-electron chi connectivity index (χ1n) is 9.07. The molecule has 2 N–H and O–H groups in total. The third kappa shape index (κ3) is 3.64. The number of phenolic OH excluding ortho intramolecular Hbond substituents is 1. The van der Waals surface area contributed by atoms with E-state index in [2.05, 4.69) is 12.1 Å². The van der Waals surface area contributed by atoms with Crippen LogP contribution in [0.3, 0.4) is 0 Å². The molecule has 0 unspecified atom stereocenters. The van der Waals surface area contributed by atoms with Gasteiger partial charge in [0.1, 0.15) is 17.2 Å². The minimum Gasteiger partial charge on any atom is -0.508 e. The Balaban J connectivity index is 1.73. The quantitative estimate of drug-likeness (QED) is 0.699. The molecule has 3 aromatic rings. The first-order chi connectivity index (χ1) is 13.6. The highest BCUT2D eigenvalue weighted by atomic mass is 16.5. The summed E-state index contributed by atoms with van der Waals surface area (Å²) in [6.45, 7) is 0.156. The van der Waals surface area contributed by atoms with Crippen LogP contribution in [-0.4, -0.2) is 29.4 Å². The standard InChI is InChI=1S/C23H20O5/c24-17-8-11-21-19(12-17)23(20(13-28-21)15-4-2-1-3-5-15)16-6-9-18(10-7-16)27-14-22(25)26/h1-12,20,23-24H,13-14H2,(H,25,26)/t20-,23-/m1/s1. The lowest BCUT2D eigenvalue weighted by Crippen LogP contribution is -2.25. The van der Waals surface area contributed by atoms with Crippen molar-refractivity contribution in [2.24, 2.45) is 0 Å². The third-order valence-electron chi connectivity index (χ3n) is 4.98. The summed E-state index contributed by atoms with van der Waals surface area (Å²) in [6.07, 6.45) is 0. The second-order valence-electron chi connectivity index (χ2n) is 6.78. The molecule has 1 aliphatic rings. The lowest BCUT2D eigenvalue weighted by molar-refractivity contribution is -0.139. The average molecular weight is 376 g/mol. The van der Waals surface area contributed by atoms with E-state index < -0.39 is 5.97 Å². The van der Waals surface area contributed by atoms with Crippen molar-refractivity contribution >= 4 is 5.97 Å². The fourth-order valence-corrected chi connectivity index (χ4v) is 3.72. The molecule has 3 aromatic carbocycles. The molecule has 1 aliphatic heterocycles. The molecule has 0 saturated carbocycles. The number of aliphatic carboxylic acids is 1. The molecule has 2 atom stereocenters. The highest BCUT2D eigenvalue weighted by Gasteiger charge is 2.33. The zero-order valence-electron chi connectivity index (χ0n) is 15.1. The highest BCUT2D eigenvalue weighted by Crippen LogP contribution is 2.47. The van der Waals surface area contributed by atoms with Gasteiger partial charge in [0.25, 0.3) is 0 Å². The smallest absolute Gasteiger partial charge is 0.341 e. The fraction of sp³-hybridized carbons (Fsp3) is 0.174. The summed E-state index contributed by atoms with van der Waals surface area (Å²) in [5.74, 6) is 0.532. The van der Waals surface area contributed by atoms with Crippen LogP contribution in [0.1, 0.15) is 28.5 Å². The number of hydrogen-bond acceptors (Lipinski definition) is 4. The molecule has 1 heterocycles. The van der Waals surface area contributed by atoms with Gasteiger partial charge in [0.2, 0.25) is 0 Å². The molecule has 0 radical (unpaired) electrons. The van der Waals surface area contributed by atoms with Gasteiger partial charge in [0.05, 0.1) is 6.61 Å². The monoisotopic (exact) mass is 376 g/mol. The molecule has 0 spiro atoms. The molecule has 5 heteroatoms. The molecule has 4 rings (SSSR count). The van der Waals surface area contributed by atoms with E-state index in [0.29, 0.717) is 12.4 Å². The maximum absolute atomic E-state index is 10.7. The van der Waals surface area contributed by atoms with E-state index in [1.807, 2.05) is 30.3 Å². The number of carbonyl (C=O) groups is 1. The van der Waals surface area contributed by atoms with Crippen LogP contribution < -0.4 is 9.47 Å². The Kier molecular flexibility index (Phi) is 4.89. The van der Waals surface area contributed by atoms with Crippen molar-refractivity contribution in [3.8, 4) is 17.2 Å². The number of benzene rings is 3. The highest BCUT2D eigenvalue weighted by molar-refractivity contribution is 5.68. The molecule has 0 aliphatic carbocycles. The Bertz CT molecular complexity index is 966. The first kappa shape index (κ1) is 17.9. The molecular formula is C23H20O5. The zero-order valence-corrected chi connectivity index (χ0v) is 15.1. The lowest BCUT2D eigenvalue weighted by Gasteiger charge is -2.34. The Hall–Kier alpha value is -3.47. The summed E-state index contributed by atoms with van der Waals surface area (Å²) < 4.78 is 11.2. The van der Waals surface area contributed by atoms with Crippen molar-refractivity contribution in [1.82, 2.24) is 0 Å². The summed E-state index contributed by atoms with van der Waals surface area (Å²) in [5, 5.41) is 18.8. The third-order valence-corrected chi connectivity index (χ3v) is 4.98. The molecule has 0 amide bonds. The van der Waals surface area contributed by atoms with Crippen LogP contribution in [0.2, 0.25) is 0 Å². The average Bonchev–Trinajstić information content (AvgIpc) is 2.72. The van der Waals surface area contributed by atoms with E-state index in [9.17, 15) is 9.90 Å². The number of rotatable bonds is 5. The van der Waals surface area contributed by atoms with Crippen molar-refractivity contribution in [2.75, 3.05) is 13.2 Å². The zero-order chi connectivity index (χ0) is 19.5. The van der Waals surface area contributed by atoms with Crippen LogP contribution in [-0.2, 0) is 4.79 Å². The number of ether oxygens (including phenoxy) is 2. The SMILES string of the molecule is O=C(O)COc1ccc([C@@H]2c3cc(O)ccc3OC[C@@H]2c2ccccc2)cc1. The number of phenols is 1. The van der Waals surface area contributed by atoms with Gasteiger partial charge in [-0.1, -0.05) is 42.5 Å². The van der Waals surface area contributed by atoms with Crippen molar-refractivity contribution < 1.29 is 24.5 Å². The minimum atomic E-state index is -1.01. The van der Waals surface area contributed by atoms with Gasteiger partial charge in [-0.25, -0.2) is 4.79 Å². The number of hydrogen-bond donors (Lipinski definition) is 2. The predicted molar refractivity (Wildman–Crippen MR) is 104 cm³/mol. The number of aromatic hydroxyl groups is 1. The lowest BCUT2D eigenvalue weighted by atomic mass is 9.76. The number of carboxylic acid groups (broad SMARTS) is 1. The fourth-order valence-electron chi connectivity index (χ4n) is 3.72. The topological polar surface area (TPSA) is 76.0 Å². The van der Waals surface area contributed by atoms with E-state index in [4.69, 9.17) is 14.6 Å². The largest absolute Gasteiger partial charge is 0.508 e. The normalized spacial score (nSPS) is 18.0. The van der Waals surface area contributed by atoms with Crippen LogP contribution in [0.5, 0.6) is 17.2 Å². The second kappa shape index (κ2) is 7.64. The molecule has 28 heavy (non-hydrogen) atoms. The Morgan fingerprint density at radius 2 is 1.75 bits per heavy atom. The maximum atomic E-state index is 10.7. The molecule has 142 valence electrons. The van der Waals surface area contributed by atoms with Crippen molar-refractivity contribution in [3.05, 3.63) is 89.5 Å². The summed E-state index contributed by atoms with van der Waals surface area (Å²) >= 11 is 0. The van der Waals surface area contributed by atoms with Crippen molar-refractivity contribution in [3.63, 3.8) is 0 Å². The molecule has 0 aromatic heterocycles. The van der Waals surface area contributed by atoms with Crippen LogP contribution in [0.4, 0.5) is 0 Å². The predicted octanol–water partition coefficient (Wildman–Crippen LogP) is 4.16. The van der Waals surface area contributed by atoms with Gasteiger partial charge in [-0.05, 0) is 41.5 Å². The van der Waals surface area contributed by atoms with E-state index in [0.717, 1.165) is 22.4 Å². The molecule has 0 bridgehead atoms. The Morgan fingerprint density at radius 1 is 1.00 bits per heavy atom. The van der Waals surface area contributed by atoms with Crippen LogP contribution in [0, 0.1) is 0 Å². The van der Waals surface area contributed by atoms with E-state index in [-0.39, 0.29) is 24.2 Å². The summed E-state index contributed by atoms with van der Waals surface area (Å²) in [4.78, 5) is 10.7. The van der Waals surface area contributed by atoms with Crippen molar-refractivity contribution in [2.45, 2.75) is 11.8 Å². The van der Waals surface area contributed by atoms with Gasteiger partial charge < -0.3 is 19.7 Å².